The molecule has 2 heterocycles. The van der Waals surface area contributed by atoms with Crippen LogP contribution < -0.4 is 4.90 Å². The van der Waals surface area contributed by atoms with Crippen LogP contribution in [-0.4, -0.2) is 53.3 Å². The number of carbonyl (C=O) groups excluding carboxylic acids is 1. The summed E-state index contributed by atoms with van der Waals surface area (Å²) in [5.74, 6) is 0.193. The fourth-order valence-electron chi connectivity index (χ4n) is 3.22. The van der Waals surface area contributed by atoms with E-state index >= 15 is 0 Å². The van der Waals surface area contributed by atoms with Gasteiger partial charge in [-0.2, -0.15) is 5.10 Å². The number of aryl methyl sites for hydroxylation is 2. The van der Waals surface area contributed by atoms with Crippen LogP contribution in [0.4, 0.5) is 0 Å². The van der Waals surface area contributed by atoms with Gasteiger partial charge in [-0.25, -0.2) is 0 Å². The number of carbonyl (C=O) groups is 1. The topological polar surface area (TPSA) is 42.6 Å². The van der Waals surface area contributed by atoms with Gasteiger partial charge in [-0.3, -0.25) is 9.48 Å². The smallest absolute Gasteiger partial charge is 0.258 e. The van der Waals surface area contributed by atoms with Crippen molar-refractivity contribution in [2.24, 2.45) is 7.05 Å². The van der Waals surface area contributed by atoms with Gasteiger partial charge in [-0.15, -0.1) is 0 Å². The van der Waals surface area contributed by atoms with Gasteiger partial charge in [-0.1, -0.05) is 20.3 Å². The van der Waals surface area contributed by atoms with E-state index in [4.69, 9.17) is 0 Å². The molecule has 1 aromatic heterocycles. The Hall–Kier alpha value is -1.36. The zero-order valence-corrected chi connectivity index (χ0v) is 13.9. The predicted octanol–water partition coefficient (Wildman–Crippen LogP) is 0.296. The van der Waals surface area contributed by atoms with Crippen LogP contribution in [0.15, 0.2) is 0 Å². The number of hydrogen-bond acceptors (Lipinski definition) is 2. The van der Waals surface area contributed by atoms with E-state index in [9.17, 15) is 4.79 Å². The van der Waals surface area contributed by atoms with Crippen molar-refractivity contribution in [3.63, 3.8) is 0 Å². The van der Waals surface area contributed by atoms with Gasteiger partial charge in [0.05, 0.1) is 49.7 Å². The maximum absolute atomic E-state index is 12.9. The van der Waals surface area contributed by atoms with E-state index in [0.717, 1.165) is 68.9 Å². The van der Waals surface area contributed by atoms with Crippen LogP contribution in [0.25, 0.3) is 0 Å². The molecule has 0 aliphatic carbocycles. The third-order valence-corrected chi connectivity index (χ3v) is 4.53. The van der Waals surface area contributed by atoms with Crippen LogP contribution in [0.5, 0.6) is 0 Å². The van der Waals surface area contributed by atoms with E-state index in [2.05, 4.69) is 25.9 Å². The van der Waals surface area contributed by atoms with E-state index in [0.29, 0.717) is 0 Å². The summed E-state index contributed by atoms with van der Waals surface area (Å²) >= 11 is 0. The molecule has 0 spiro atoms. The SMILES string of the molecule is CCCc1nn(C)c(CC)c1C(=O)N1CC[NH+](CC)CC1. The van der Waals surface area contributed by atoms with E-state index < -0.39 is 0 Å². The number of nitrogens with zero attached hydrogens (tertiary/aromatic N) is 3. The number of piperazine rings is 1. The average Bonchev–Trinajstić information content (AvgIpc) is 2.82. The van der Waals surface area contributed by atoms with Crippen molar-refractivity contribution >= 4 is 5.91 Å². The second kappa shape index (κ2) is 7.07. The minimum Gasteiger partial charge on any atom is -0.332 e. The molecule has 0 radical (unpaired) electrons. The second-order valence-corrected chi connectivity index (χ2v) is 5.89. The highest BCUT2D eigenvalue weighted by Gasteiger charge is 2.28. The molecular formula is C16H29N4O+. The molecule has 0 atom stereocenters. The molecule has 0 unspecified atom stereocenters. The normalized spacial score (nSPS) is 16.5. The summed E-state index contributed by atoms with van der Waals surface area (Å²) in [5, 5.41) is 4.58. The highest BCUT2D eigenvalue weighted by atomic mass is 16.2. The lowest BCUT2D eigenvalue weighted by Crippen LogP contribution is -3.14. The summed E-state index contributed by atoms with van der Waals surface area (Å²) in [6.07, 6.45) is 2.76. The van der Waals surface area contributed by atoms with Crippen molar-refractivity contribution in [2.45, 2.75) is 40.0 Å². The standard InChI is InChI=1S/C16H28N4O/c1-5-8-13-15(14(6-2)18(4)17-13)16(21)20-11-9-19(7-3)10-12-20/h5-12H2,1-4H3/p+1. The highest BCUT2D eigenvalue weighted by molar-refractivity contribution is 5.96. The summed E-state index contributed by atoms with van der Waals surface area (Å²) in [6.45, 7) is 11.5. The van der Waals surface area contributed by atoms with Gasteiger partial charge in [-0.05, 0) is 19.8 Å². The van der Waals surface area contributed by atoms with Gasteiger partial charge in [0.2, 0.25) is 0 Å². The Balaban J connectivity index is 2.22. The Kier molecular flexibility index (Phi) is 5.39. The molecule has 5 nitrogen and oxygen atoms in total. The zero-order valence-electron chi connectivity index (χ0n) is 13.9. The van der Waals surface area contributed by atoms with Crippen molar-refractivity contribution in [3.8, 4) is 0 Å². The van der Waals surface area contributed by atoms with Crippen molar-refractivity contribution in [1.82, 2.24) is 14.7 Å². The van der Waals surface area contributed by atoms with E-state index in [1.807, 2.05) is 16.6 Å². The molecule has 1 aliphatic rings. The molecule has 1 saturated heterocycles. The number of rotatable bonds is 5. The largest absolute Gasteiger partial charge is 0.332 e. The van der Waals surface area contributed by atoms with Crippen LogP contribution >= 0.6 is 0 Å². The Labute approximate surface area is 127 Å². The summed E-state index contributed by atoms with van der Waals surface area (Å²) in [6, 6.07) is 0. The minimum atomic E-state index is 0.193. The molecule has 1 N–H and O–H groups in total. The summed E-state index contributed by atoms with van der Waals surface area (Å²) in [5.41, 5.74) is 2.93. The number of amides is 1. The summed E-state index contributed by atoms with van der Waals surface area (Å²) < 4.78 is 1.89. The van der Waals surface area contributed by atoms with Gasteiger partial charge < -0.3 is 9.80 Å². The molecule has 1 fully saturated rings. The molecule has 1 amide bonds. The van der Waals surface area contributed by atoms with Gasteiger partial charge in [0.15, 0.2) is 0 Å². The number of hydrogen-bond donors (Lipinski definition) is 1. The van der Waals surface area contributed by atoms with Crippen molar-refractivity contribution < 1.29 is 9.69 Å². The Bertz CT molecular complexity index is 487. The zero-order chi connectivity index (χ0) is 15.4. The number of aromatic nitrogens is 2. The predicted molar refractivity (Wildman–Crippen MR) is 83.7 cm³/mol. The maximum Gasteiger partial charge on any atom is 0.258 e. The third kappa shape index (κ3) is 3.28. The molecule has 0 saturated carbocycles. The molecular weight excluding hydrogens is 264 g/mol. The van der Waals surface area contributed by atoms with E-state index in [1.165, 1.54) is 0 Å². The van der Waals surface area contributed by atoms with Crippen LogP contribution in [0.1, 0.15) is 48.9 Å². The monoisotopic (exact) mass is 293 g/mol. The minimum absolute atomic E-state index is 0.193. The van der Waals surface area contributed by atoms with E-state index in [-0.39, 0.29) is 5.91 Å². The van der Waals surface area contributed by atoms with Crippen LogP contribution in [0.3, 0.4) is 0 Å². The highest BCUT2D eigenvalue weighted by Crippen LogP contribution is 2.19. The molecule has 1 aliphatic heterocycles. The lowest BCUT2D eigenvalue weighted by molar-refractivity contribution is -0.902. The summed E-state index contributed by atoms with van der Waals surface area (Å²) in [4.78, 5) is 16.6. The average molecular weight is 293 g/mol. The van der Waals surface area contributed by atoms with Crippen molar-refractivity contribution in [3.05, 3.63) is 17.0 Å². The molecule has 2 rings (SSSR count). The fourth-order valence-corrected chi connectivity index (χ4v) is 3.22. The third-order valence-electron chi connectivity index (χ3n) is 4.53. The quantitative estimate of drug-likeness (QED) is 0.848. The first-order valence-electron chi connectivity index (χ1n) is 8.29. The Morgan fingerprint density at radius 3 is 2.43 bits per heavy atom. The Morgan fingerprint density at radius 2 is 1.90 bits per heavy atom. The Morgan fingerprint density at radius 1 is 1.24 bits per heavy atom. The fraction of sp³-hybridized carbons (Fsp3) is 0.750. The second-order valence-electron chi connectivity index (χ2n) is 5.89. The first-order valence-corrected chi connectivity index (χ1v) is 8.29. The van der Waals surface area contributed by atoms with Gasteiger partial charge in [0, 0.05) is 7.05 Å². The van der Waals surface area contributed by atoms with Crippen LogP contribution in [0.2, 0.25) is 0 Å². The molecule has 5 heteroatoms. The molecule has 1 aromatic rings. The van der Waals surface area contributed by atoms with Crippen LogP contribution in [0, 0.1) is 0 Å². The van der Waals surface area contributed by atoms with Crippen LogP contribution in [-0.2, 0) is 19.9 Å². The molecule has 21 heavy (non-hydrogen) atoms. The first kappa shape index (κ1) is 16.0. The first-order chi connectivity index (χ1) is 10.1. The van der Waals surface area contributed by atoms with Crippen molar-refractivity contribution in [1.29, 1.82) is 0 Å². The molecule has 118 valence electrons. The van der Waals surface area contributed by atoms with Gasteiger partial charge in [0.25, 0.3) is 5.91 Å². The lowest BCUT2D eigenvalue weighted by Gasteiger charge is -2.31. The van der Waals surface area contributed by atoms with Crippen molar-refractivity contribution in [2.75, 3.05) is 32.7 Å². The number of quaternary nitrogens is 1. The molecule has 0 bridgehead atoms. The number of nitrogens with one attached hydrogen (secondary N) is 1. The maximum atomic E-state index is 12.9. The number of likely N-dealkylation sites (N-methyl/N-ethyl adjacent to an activating group) is 1. The van der Waals surface area contributed by atoms with Gasteiger partial charge in [0.1, 0.15) is 0 Å². The lowest BCUT2D eigenvalue weighted by atomic mass is 10.1. The van der Waals surface area contributed by atoms with Gasteiger partial charge >= 0.3 is 0 Å². The van der Waals surface area contributed by atoms with E-state index in [1.54, 1.807) is 4.90 Å². The molecule has 0 aromatic carbocycles. The summed E-state index contributed by atoms with van der Waals surface area (Å²) in [7, 11) is 1.95.